The van der Waals surface area contributed by atoms with Crippen molar-refractivity contribution in [2.75, 3.05) is 6.61 Å². The van der Waals surface area contributed by atoms with Crippen molar-refractivity contribution in [2.45, 2.75) is 129 Å². The van der Waals surface area contributed by atoms with E-state index in [4.69, 9.17) is 21.1 Å². The van der Waals surface area contributed by atoms with E-state index in [0.717, 1.165) is 74.7 Å². The molecule has 40 heavy (non-hydrogen) atoms. The molecule has 2 aromatic rings. The van der Waals surface area contributed by atoms with Gasteiger partial charge in [-0.3, -0.25) is 0 Å². The summed E-state index contributed by atoms with van der Waals surface area (Å²) in [7, 11) is 0. The fraction of sp³-hybridized carbons (Fsp3) is 0.629. The molecule has 0 heterocycles. The minimum Gasteiger partial charge on any atom is -0.492 e. The number of benzene rings is 2. The van der Waals surface area contributed by atoms with Crippen LogP contribution in [0, 0.1) is 5.92 Å². The number of alkyl halides is 1. The minimum absolute atomic E-state index is 0.119. The van der Waals surface area contributed by atoms with E-state index in [-0.39, 0.29) is 12.5 Å². The molecule has 1 saturated carbocycles. The fourth-order valence-electron chi connectivity index (χ4n) is 5.55. The van der Waals surface area contributed by atoms with Gasteiger partial charge in [-0.25, -0.2) is 9.18 Å². The molecule has 3 nitrogen and oxygen atoms in total. The zero-order chi connectivity index (χ0) is 28.6. The first-order valence-electron chi connectivity index (χ1n) is 15.9. The van der Waals surface area contributed by atoms with Gasteiger partial charge in [0.2, 0.25) is 0 Å². The highest BCUT2D eigenvalue weighted by atomic mass is 35.5. The van der Waals surface area contributed by atoms with Crippen molar-refractivity contribution in [3.63, 3.8) is 0 Å². The van der Waals surface area contributed by atoms with E-state index in [0.29, 0.717) is 17.5 Å². The molecular weight excluding hydrogens is 523 g/mol. The molecule has 0 unspecified atom stereocenters. The van der Waals surface area contributed by atoms with Crippen molar-refractivity contribution in [3.05, 3.63) is 53.1 Å². The second-order valence-electron chi connectivity index (χ2n) is 11.5. The van der Waals surface area contributed by atoms with Crippen molar-refractivity contribution in [3.8, 4) is 16.9 Å². The molecule has 222 valence electrons. The molecule has 1 fully saturated rings. The topological polar surface area (TPSA) is 35.5 Å². The molecule has 5 heteroatoms. The SMILES string of the molecule is CCCCCCCCCOc1ccc(-c2ccc(CCC3CCC(OC(=O)[C@@H](F)CCCC)CC3)cc2)cc1Cl. The zero-order valence-electron chi connectivity index (χ0n) is 24.8. The molecule has 2 aromatic carbocycles. The van der Waals surface area contributed by atoms with E-state index in [9.17, 15) is 9.18 Å². The van der Waals surface area contributed by atoms with Gasteiger partial charge in [0.15, 0.2) is 6.17 Å². The summed E-state index contributed by atoms with van der Waals surface area (Å²) in [4.78, 5) is 12.0. The van der Waals surface area contributed by atoms with Crippen molar-refractivity contribution in [2.24, 2.45) is 5.92 Å². The summed E-state index contributed by atoms with van der Waals surface area (Å²) in [5.41, 5.74) is 3.57. The van der Waals surface area contributed by atoms with Crippen LogP contribution in [0.25, 0.3) is 11.1 Å². The standard InChI is InChI=1S/C35H50ClFO3/c1-3-5-7-8-9-10-11-25-39-34-24-21-30(26-32(34)36)29-19-15-27(16-20-29)13-14-28-17-22-31(23-18-28)40-35(38)33(37)12-6-4-2/h15-16,19-21,24,26,28,31,33H,3-14,17-18,22-23,25H2,1-2H3/t28?,31?,33-/m0/s1. The minimum atomic E-state index is -1.47. The van der Waals surface area contributed by atoms with Crippen LogP contribution in [0.15, 0.2) is 42.5 Å². The molecule has 3 rings (SSSR count). The molecule has 1 atom stereocenters. The quantitative estimate of drug-likeness (QED) is 0.132. The van der Waals surface area contributed by atoms with Crippen molar-refractivity contribution in [1.82, 2.24) is 0 Å². The number of hydrogen-bond donors (Lipinski definition) is 0. The summed E-state index contributed by atoms with van der Waals surface area (Å²) in [5, 5.41) is 0.661. The zero-order valence-corrected chi connectivity index (χ0v) is 25.5. The second kappa shape index (κ2) is 18.4. The Morgan fingerprint density at radius 3 is 2.20 bits per heavy atom. The molecule has 0 aliphatic heterocycles. The van der Waals surface area contributed by atoms with Crippen LogP contribution in [0.1, 0.15) is 116 Å². The number of carbonyl (C=O) groups is 1. The van der Waals surface area contributed by atoms with E-state index >= 15 is 0 Å². The van der Waals surface area contributed by atoms with Gasteiger partial charge >= 0.3 is 5.97 Å². The van der Waals surface area contributed by atoms with Crippen LogP contribution in [0.5, 0.6) is 5.75 Å². The maximum Gasteiger partial charge on any atom is 0.340 e. The Balaban J connectivity index is 1.36. The average molecular weight is 573 g/mol. The number of unbranched alkanes of at least 4 members (excludes halogenated alkanes) is 7. The smallest absolute Gasteiger partial charge is 0.340 e. The van der Waals surface area contributed by atoms with Crippen molar-refractivity contribution < 1.29 is 18.7 Å². The third kappa shape index (κ3) is 11.4. The van der Waals surface area contributed by atoms with Crippen LogP contribution in [-0.4, -0.2) is 24.9 Å². The summed E-state index contributed by atoms with van der Waals surface area (Å²) in [5.74, 6) is 0.728. The van der Waals surface area contributed by atoms with Crippen LogP contribution in [0.3, 0.4) is 0 Å². The molecule has 0 radical (unpaired) electrons. The third-order valence-electron chi connectivity index (χ3n) is 8.21. The van der Waals surface area contributed by atoms with Gasteiger partial charge < -0.3 is 9.47 Å². The maximum atomic E-state index is 13.9. The summed E-state index contributed by atoms with van der Waals surface area (Å²) >= 11 is 6.55. The van der Waals surface area contributed by atoms with Crippen LogP contribution < -0.4 is 4.74 Å². The number of rotatable bonds is 18. The Labute approximate surface area is 247 Å². The lowest BCUT2D eigenvalue weighted by molar-refractivity contribution is -0.157. The molecule has 0 bridgehead atoms. The van der Waals surface area contributed by atoms with E-state index in [1.165, 1.54) is 44.1 Å². The first-order valence-corrected chi connectivity index (χ1v) is 16.2. The Kier molecular flexibility index (Phi) is 14.9. The predicted molar refractivity (Wildman–Crippen MR) is 165 cm³/mol. The second-order valence-corrected chi connectivity index (χ2v) is 11.9. The number of ether oxygens (including phenoxy) is 2. The number of halogens is 2. The lowest BCUT2D eigenvalue weighted by Gasteiger charge is -2.28. The van der Waals surface area contributed by atoms with Gasteiger partial charge in [0.05, 0.1) is 11.6 Å². The van der Waals surface area contributed by atoms with Crippen LogP contribution in [0.4, 0.5) is 4.39 Å². The molecule has 0 saturated heterocycles. The highest BCUT2D eigenvalue weighted by molar-refractivity contribution is 6.32. The van der Waals surface area contributed by atoms with Gasteiger partial charge in [0.25, 0.3) is 0 Å². The number of hydrogen-bond acceptors (Lipinski definition) is 3. The van der Waals surface area contributed by atoms with Crippen LogP contribution >= 0.6 is 11.6 Å². The monoisotopic (exact) mass is 572 g/mol. The van der Waals surface area contributed by atoms with E-state index in [2.05, 4.69) is 37.3 Å². The maximum absolute atomic E-state index is 13.9. The lowest BCUT2D eigenvalue weighted by Crippen LogP contribution is -2.29. The van der Waals surface area contributed by atoms with Gasteiger partial charge in [-0.15, -0.1) is 0 Å². The van der Waals surface area contributed by atoms with Crippen LogP contribution in [0.2, 0.25) is 5.02 Å². The predicted octanol–water partition coefficient (Wildman–Crippen LogP) is 10.7. The first-order chi connectivity index (χ1) is 19.5. The molecule has 1 aliphatic carbocycles. The Bertz CT molecular complexity index is 985. The largest absolute Gasteiger partial charge is 0.492 e. The first kappa shape index (κ1) is 32.4. The molecule has 0 N–H and O–H groups in total. The summed E-state index contributed by atoms with van der Waals surface area (Å²) < 4.78 is 25.3. The summed E-state index contributed by atoms with van der Waals surface area (Å²) in [6.07, 6.45) is 15.1. The molecule has 0 aromatic heterocycles. The summed E-state index contributed by atoms with van der Waals surface area (Å²) in [6.45, 7) is 4.96. The molecular formula is C35H50ClFO3. The fourth-order valence-corrected chi connectivity index (χ4v) is 5.79. The van der Waals surface area contributed by atoms with Crippen LogP contribution in [-0.2, 0) is 16.0 Å². The third-order valence-corrected chi connectivity index (χ3v) is 8.50. The Morgan fingerprint density at radius 2 is 1.52 bits per heavy atom. The summed E-state index contributed by atoms with van der Waals surface area (Å²) in [6, 6.07) is 14.8. The van der Waals surface area contributed by atoms with E-state index in [1.807, 2.05) is 19.1 Å². The van der Waals surface area contributed by atoms with Gasteiger partial charge in [0, 0.05) is 0 Å². The normalized spacial score (nSPS) is 17.9. The highest BCUT2D eigenvalue weighted by Crippen LogP contribution is 2.32. The highest BCUT2D eigenvalue weighted by Gasteiger charge is 2.27. The van der Waals surface area contributed by atoms with Gasteiger partial charge in [-0.2, -0.15) is 0 Å². The van der Waals surface area contributed by atoms with Gasteiger partial charge in [-0.1, -0.05) is 107 Å². The molecule has 0 amide bonds. The molecule has 0 spiro atoms. The number of carbonyl (C=O) groups excluding carboxylic acids is 1. The molecule has 1 aliphatic rings. The Morgan fingerprint density at radius 1 is 0.875 bits per heavy atom. The van der Waals surface area contributed by atoms with Crippen molar-refractivity contribution in [1.29, 1.82) is 0 Å². The number of aryl methyl sites for hydroxylation is 1. The Hall–Kier alpha value is -2.07. The van der Waals surface area contributed by atoms with Gasteiger partial charge in [-0.05, 0) is 86.1 Å². The average Bonchev–Trinajstić information content (AvgIpc) is 2.97. The van der Waals surface area contributed by atoms with Crippen molar-refractivity contribution >= 4 is 17.6 Å². The van der Waals surface area contributed by atoms with E-state index in [1.54, 1.807) is 0 Å². The van der Waals surface area contributed by atoms with Gasteiger partial charge in [0.1, 0.15) is 11.9 Å². The lowest BCUT2D eigenvalue weighted by atomic mass is 9.83. The number of esters is 1. The van der Waals surface area contributed by atoms with E-state index < -0.39 is 12.1 Å².